The Morgan fingerprint density at radius 2 is 1.45 bits per heavy atom. The molecular weight excluding hydrogens is 723 g/mol. The summed E-state index contributed by atoms with van der Waals surface area (Å²) in [7, 11) is 4.43. The Bertz CT molecular complexity index is 2210. The highest BCUT2D eigenvalue weighted by molar-refractivity contribution is 5.95. The highest BCUT2D eigenvalue weighted by atomic mass is 19.1. The van der Waals surface area contributed by atoms with E-state index >= 15 is 0 Å². The molecule has 0 atom stereocenters. The minimum atomic E-state index is -0.502. The molecule has 4 heterocycles. The number of nitrogens with zero attached hydrogens (tertiary/aromatic N) is 7. The Morgan fingerprint density at radius 3 is 2.11 bits per heavy atom. The Labute approximate surface area is 321 Å². The van der Waals surface area contributed by atoms with Crippen LogP contribution in [0.3, 0.4) is 0 Å². The quantitative estimate of drug-likeness (QED) is 0.0569. The number of ether oxygens (including phenoxy) is 2. The molecule has 0 saturated carbocycles. The third-order valence-electron chi connectivity index (χ3n) is 8.53. The zero-order valence-corrected chi connectivity index (χ0v) is 31.0. The minimum Gasteiger partial charge on any atom is -0.497 e. The van der Waals surface area contributed by atoms with Crippen molar-refractivity contribution in [2.24, 2.45) is 0 Å². The van der Waals surface area contributed by atoms with Gasteiger partial charge in [0.05, 0.1) is 44.6 Å². The van der Waals surface area contributed by atoms with E-state index in [0.717, 1.165) is 22.4 Å². The molecule has 290 valence electrons. The van der Waals surface area contributed by atoms with Crippen LogP contribution in [0.1, 0.15) is 49.4 Å². The van der Waals surface area contributed by atoms with Gasteiger partial charge < -0.3 is 25.4 Å². The van der Waals surface area contributed by atoms with Crippen molar-refractivity contribution in [1.29, 1.82) is 0 Å². The van der Waals surface area contributed by atoms with Crippen molar-refractivity contribution in [3.05, 3.63) is 119 Å². The summed E-state index contributed by atoms with van der Waals surface area (Å²) < 4.78 is 27.1. The topological polar surface area (TPSA) is 208 Å². The number of aromatic amines is 1. The van der Waals surface area contributed by atoms with Gasteiger partial charge in [-0.2, -0.15) is 10.2 Å². The Morgan fingerprint density at radius 1 is 0.768 bits per heavy atom. The van der Waals surface area contributed by atoms with E-state index < -0.39 is 5.82 Å². The molecule has 2 amide bonds. The number of hydrogen-bond acceptors (Lipinski definition) is 13. The van der Waals surface area contributed by atoms with E-state index in [-0.39, 0.29) is 24.2 Å². The molecule has 0 saturated heterocycles. The number of methoxy groups -OCH3 is 2. The summed E-state index contributed by atoms with van der Waals surface area (Å²) in [5, 5.41) is 19.7. The van der Waals surface area contributed by atoms with Crippen molar-refractivity contribution < 1.29 is 28.3 Å². The van der Waals surface area contributed by atoms with Gasteiger partial charge in [0.2, 0.25) is 11.9 Å². The van der Waals surface area contributed by atoms with Crippen LogP contribution in [0.25, 0.3) is 0 Å². The molecule has 0 spiro atoms. The number of rotatable bonds is 19. The van der Waals surface area contributed by atoms with Gasteiger partial charge in [-0.15, -0.1) is 0 Å². The molecule has 0 radical (unpaired) electrons. The van der Waals surface area contributed by atoms with Crippen LogP contribution in [0.2, 0.25) is 0 Å². The molecule has 0 bridgehead atoms. The van der Waals surface area contributed by atoms with Crippen LogP contribution in [0.5, 0.6) is 11.5 Å². The number of benzene rings is 2. The van der Waals surface area contributed by atoms with Crippen LogP contribution in [-0.2, 0) is 37.1 Å². The van der Waals surface area contributed by atoms with Crippen molar-refractivity contribution >= 4 is 35.1 Å². The van der Waals surface area contributed by atoms with Crippen molar-refractivity contribution in [3.63, 3.8) is 0 Å². The number of H-pyrrole nitrogens is 1. The van der Waals surface area contributed by atoms with Gasteiger partial charge in [-0.1, -0.05) is 0 Å². The summed E-state index contributed by atoms with van der Waals surface area (Å²) in [6.07, 6.45) is 16.3. The maximum absolute atomic E-state index is 14.8. The maximum atomic E-state index is 14.8. The lowest BCUT2D eigenvalue weighted by Crippen LogP contribution is -2.24. The largest absolute Gasteiger partial charge is 0.497 e. The van der Waals surface area contributed by atoms with Crippen LogP contribution in [0.4, 0.5) is 27.7 Å². The predicted molar refractivity (Wildman–Crippen MR) is 204 cm³/mol. The fourth-order valence-corrected chi connectivity index (χ4v) is 5.58. The molecule has 56 heavy (non-hydrogen) atoms. The van der Waals surface area contributed by atoms with Crippen molar-refractivity contribution in [3.8, 4) is 11.5 Å². The van der Waals surface area contributed by atoms with E-state index in [1.54, 1.807) is 67.3 Å². The Kier molecular flexibility index (Phi) is 13.1. The number of nitrogens with one attached hydrogen (secondary N) is 5. The van der Waals surface area contributed by atoms with Crippen LogP contribution in [0.15, 0.2) is 79.9 Å². The normalized spacial score (nSPS) is 10.9. The molecule has 0 aliphatic carbocycles. The van der Waals surface area contributed by atoms with Gasteiger partial charge in [0.25, 0.3) is 11.8 Å². The molecule has 2 aromatic carbocycles. The van der Waals surface area contributed by atoms with E-state index in [1.165, 1.54) is 26.3 Å². The van der Waals surface area contributed by atoms with Crippen molar-refractivity contribution in [1.82, 2.24) is 50.7 Å². The van der Waals surface area contributed by atoms with E-state index in [0.29, 0.717) is 78.7 Å². The average molecular weight is 765 g/mol. The van der Waals surface area contributed by atoms with Gasteiger partial charge in [-0.25, -0.2) is 29.8 Å². The van der Waals surface area contributed by atoms with Crippen molar-refractivity contribution in [2.75, 3.05) is 38.5 Å². The fraction of sp³-hybridized carbons (Fsp3) is 0.263. The van der Waals surface area contributed by atoms with Crippen LogP contribution < -0.4 is 30.9 Å². The summed E-state index contributed by atoms with van der Waals surface area (Å²) in [6.45, 7) is 0.793. The SMILES string of the molecule is CNC(=O)c1cc(CCc2cnc(Nc3cnn(CCCONC(=O)c4cc(CCc5cnc(Nc6cn[nH]c6)nc5)cc(OC)c4)c3)nc2)c(F)c(OC)c1. The number of hydrogen-bond donors (Lipinski definition) is 5. The molecule has 6 aromatic rings. The molecule has 0 aliphatic heterocycles. The number of aromatic nitrogens is 8. The second-order valence-electron chi connectivity index (χ2n) is 12.5. The first-order valence-electron chi connectivity index (χ1n) is 17.7. The van der Waals surface area contributed by atoms with Gasteiger partial charge in [0, 0.05) is 61.9 Å². The first-order valence-corrected chi connectivity index (χ1v) is 17.7. The van der Waals surface area contributed by atoms with Crippen LogP contribution in [-0.4, -0.2) is 79.6 Å². The van der Waals surface area contributed by atoms with Gasteiger partial charge in [0.1, 0.15) is 5.75 Å². The molecule has 4 aromatic heterocycles. The van der Waals surface area contributed by atoms with Gasteiger partial charge >= 0.3 is 0 Å². The number of carbonyl (C=O) groups excluding carboxylic acids is 2. The zero-order chi connectivity index (χ0) is 39.3. The lowest BCUT2D eigenvalue weighted by Gasteiger charge is -2.11. The number of aryl methyl sites for hydroxylation is 5. The van der Waals surface area contributed by atoms with Crippen LogP contribution >= 0.6 is 0 Å². The molecule has 17 nitrogen and oxygen atoms in total. The Hall–Kier alpha value is -6.95. The number of carbonyl (C=O) groups is 2. The maximum Gasteiger partial charge on any atom is 0.274 e. The number of halogens is 1. The molecule has 6 rings (SSSR count). The summed E-state index contributed by atoms with van der Waals surface area (Å²) in [4.78, 5) is 48.0. The third kappa shape index (κ3) is 10.6. The second-order valence-corrected chi connectivity index (χ2v) is 12.5. The standard InChI is InChI=1S/C38H41FN12O5/c1-40-35(52)29-13-27(34(39)33(15-29)55-3)8-7-26-18-43-38(44-19-26)49-31-22-47-51(23-31)9-4-10-56-50-36(53)28-11-24(12-32(14-28)54-2)5-6-25-16-41-37(42-17-25)48-30-20-45-46-21-30/h11-23H,4-10H2,1-3H3,(H,40,52)(H,45,46)(H,50,53)(H,41,42,48)(H,43,44,49). The van der Waals surface area contributed by atoms with Gasteiger partial charge in [-0.3, -0.25) is 24.2 Å². The monoisotopic (exact) mass is 764 g/mol. The van der Waals surface area contributed by atoms with E-state index in [2.05, 4.69) is 56.7 Å². The van der Waals surface area contributed by atoms with Gasteiger partial charge in [-0.05, 0) is 84.7 Å². The number of anilines is 4. The molecular formula is C38H41FN12O5. The summed E-state index contributed by atoms with van der Waals surface area (Å²) in [6, 6.07) is 8.25. The van der Waals surface area contributed by atoms with Gasteiger partial charge in [0.15, 0.2) is 11.6 Å². The third-order valence-corrected chi connectivity index (χ3v) is 8.53. The molecule has 18 heteroatoms. The predicted octanol–water partition coefficient (Wildman–Crippen LogP) is 4.51. The highest BCUT2D eigenvalue weighted by Crippen LogP contribution is 2.25. The fourth-order valence-electron chi connectivity index (χ4n) is 5.58. The smallest absolute Gasteiger partial charge is 0.274 e. The average Bonchev–Trinajstić information content (AvgIpc) is 3.92. The molecule has 5 N–H and O–H groups in total. The molecule has 0 unspecified atom stereocenters. The number of amides is 2. The first kappa shape index (κ1) is 38.8. The summed E-state index contributed by atoms with van der Waals surface area (Å²) in [5.74, 6) is 0.200. The minimum absolute atomic E-state index is 0.0125. The van der Waals surface area contributed by atoms with E-state index in [4.69, 9.17) is 14.3 Å². The highest BCUT2D eigenvalue weighted by Gasteiger charge is 2.16. The van der Waals surface area contributed by atoms with E-state index in [1.807, 2.05) is 12.3 Å². The first-order chi connectivity index (χ1) is 27.3. The molecule has 0 fully saturated rings. The molecule has 0 aliphatic rings. The van der Waals surface area contributed by atoms with E-state index in [9.17, 15) is 14.0 Å². The number of hydroxylamine groups is 1. The van der Waals surface area contributed by atoms with Crippen molar-refractivity contribution in [2.45, 2.75) is 38.6 Å². The lowest BCUT2D eigenvalue weighted by molar-refractivity contribution is 0.0291. The summed E-state index contributed by atoms with van der Waals surface area (Å²) >= 11 is 0. The zero-order valence-electron chi connectivity index (χ0n) is 31.0. The Balaban J connectivity index is 0.917. The lowest BCUT2D eigenvalue weighted by atomic mass is 10.0. The van der Waals surface area contributed by atoms with Crippen LogP contribution in [0, 0.1) is 5.82 Å². The summed E-state index contributed by atoms with van der Waals surface area (Å²) in [5.41, 5.74) is 7.71. The second kappa shape index (κ2) is 18.9.